The summed E-state index contributed by atoms with van der Waals surface area (Å²) in [5.74, 6) is 0.0308. The summed E-state index contributed by atoms with van der Waals surface area (Å²) in [6, 6.07) is 0. The molecule has 0 aromatic heterocycles. The van der Waals surface area contributed by atoms with Gasteiger partial charge in [-0.15, -0.1) is 0 Å². The lowest BCUT2D eigenvalue weighted by Crippen LogP contribution is -2.56. The Morgan fingerprint density at radius 2 is 1.83 bits per heavy atom. The molecule has 1 spiro atoms. The predicted octanol–water partition coefficient (Wildman–Crippen LogP) is 3.41. The topological polar surface area (TPSA) is 114 Å². The molecule has 2 amide bonds. The van der Waals surface area contributed by atoms with Gasteiger partial charge in [-0.2, -0.15) is 0 Å². The van der Waals surface area contributed by atoms with Crippen LogP contribution < -0.4 is 14.2 Å². The highest BCUT2D eigenvalue weighted by Crippen LogP contribution is 2.59. The van der Waals surface area contributed by atoms with Gasteiger partial charge >= 0.3 is 6.09 Å². The van der Waals surface area contributed by atoms with E-state index in [1.807, 2.05) is 22.9 Å². The van der Waals surface area contributed by atoms with Crippen LogP contribution in [0.5, 0.6) is 0 Å². The van der Waals surface area contributed by atoms with Gasteiger partial charge in [0.2, 0.25) is 5.91 Å². The van der Waals surface area contributed by atoms with Gasteiger partial charge in [-0.05, 0) is 52.9 Å². The maximum atomic E-state index is 12.5. The number of epoxide rings is 2. The molecular formula is C25H42IN3O6. The molecule has 0 bridgehead atoms. The lowest BCUT2D eigenvalue weighted by atomic mass is 9.68. The number of unbranched alkanes of at least 4 members (excludes halogenated alkanes) is 3. The normalized spacial score (nSPS) is 33.2. The van der Waals surface area contributed by atoms with E-state index in [1.165, 1.54) is 5.57 Å². The summed E-state index contributed by atoms with van der Waals surface area (Å²) in [6.45, 7) is 8.62. The van der Waals surface area contributed by atoms with Gasteiger partial charge in [-0.3, -0.25) is 8.32 Å². The minimum atomic E-state index is -0.398. The number of allylic oxidation sites excluding steroid dienone is 1. The summed E-state index contributed by atoms with van der Waals surface area (Å²) < 4.78 is 26.7. The Morgan fingerprint density at radius 3 is 2.43 bits per heavy atom. The molecule has 2 aliphatic heterocycles. The third-order valence-electron chi connectivity index (χ3n) is 7.42. The van der Waals surface area contributed by atoms with Crippen molar-refractivity contribution in [1.82, 2.24) is 14.2 Å². The molecule has 0 aromatic carbocycles. The summed E-state index contributed by atoms with van der Waals surface area (Å²) in [5.41, 5.74) is 0.715. The van der Waals surface area contributed by atoms with Crippen molar-refractivity contribution < 1.29 is 28.5 Å². The Morgan fingerprint density at radius 1 is 1.14 bits per heavy atom. The van der Waals surface area contributed by atoms with Gasteiger partial charge in [0.05, 0.1) is 25.2 Å². The van der Waals surface area contributed by atoms with Crippen molar-refractivity contribution in [2.24, 2.45) is 5.92 Å². The van der Waals surface area contributed by atoms with Crippen molar-refractivity contribution in [3.8, 4) is 0 Å². The number of hydrogen-bond donors (Lipinski definition) is 3. The first-order valence-corrected chi connectivity index (χ1v) is 13.9. The second kappa shape index (κ2) is 13.0. The van der Waals surface area contributed by atoms with Crippen LogP contribution in [0, 0.1) is 5.92 Å². The van der Waals surface area contributed by atoms with E-state index < -0.39 is 6.09 Å². The van der Waals surface area contributed by atoms with E-state index in [9.17, 15) is 9.59 Å². The van der Waals surface area contributed by atoms with Crippen LogP contribution in [0.3, 0.4) is 0 Å². The molecule has 1 saturated carbocycles. The zero-order valence-electron chi connectivity index (χ0n) is 21.5. The second-order valence-electron chi connectivity index (χ2n) is 10.3. The van der Waals surface area contributed by atoms with Crippen molar-refractivity contribution >= 4 is 34.9 Å². The lowest BCUT2D eigenvalue weighted by Gasteiger charge is -2.42. The Hall–Kier alpha value is -0.950. The standard InChI is InChI=1S/C25H42IN3O6/c1-17(2)9-10-19-24(3,35-19)22-21(32-4)18(11-12-25(22)16-33-25)34-23(31)28-14-8-6-5-7-13-27-20(30)15-29-26/h9,18-19,21-22,29H,5-8,10-16H2,1-4H3,(H,27,30)(H,28,31)/t18?,19-,21?,22?,24+,25+/m1/s1. The molecule has 2 saturated heterocycles. The molecule has 200 valence electrons. The number of hydrogen-bond acceptors (Lipinski definition) is 7. The summed E-state index contributed by atoms with van der Waals surface area (Å²) in [5, 5.41) is 5.74. The second-order valence-corrected chi connectivity index (χ2v) is 11.1. The van der Waals surface area contributed by atoms with Crippen molar-refractivity contribution in [2.75, 3.05) is 33.4 Å². The quantitative estimate of drug-likeness (QED) is 0.0913. The summed E-state index contributed by atoms with van der Waals surface area (Å²) in [4.78, 5) is 23.9. The van der Waals surface area contributed by atoms with Crippen molar-refractivity contribution in [3.05, 3.63) is 11.6 Å². The SMILES string of the molecule is COC1C(OC(=O)NCCCCCCNC(=O)CNI)CC[C@]2(CO2)C1[C@@]1(C)O[C@@H]1CC=C(C)C. The molecular weight excluding hydrogens is 565 g/mol. The Bertz CT molecular complexity index is 757. The average molecular weight is 608 g/mol. The maximum Gasteiger partial charge on any atom is 0.407 e. The van der Waals surface area contributed by atoms with E-state index in [1.54, 1.807) is 7.11 Å². The van der Waals surface area contributed by atoms with Crippen molar-refractivity contribution in [1.29, 1.82) is 0 Å². The van der Waals surface area contributed by atoms with Crippen LogP contribution in [0.4, 0.5) is 4.79 Å². The largest absolute Gasteiger partial charge is 0.443 e. The van der Waals surface area contributed by atoms with Gasteiger partial charge in [0, 0.05) is 43.1 Å². The molecule has 3 unspecified atom stereocenters. The number of alkyl carbamates (subject to hydrolysis) is 1. The molecule has 10 heteroatoms. The van der Waals surface area contributed by atoms with Crippen LogP contribution in [-0.4, -0.2) is 74.9 Å². The Kier molecular flexibility index (Phi) is 10.7. The fraction of sp³-hybridized carbons (Fsp3) is 0.840. The van der Waals surface area contributed by atoms with E-state index >= 15 is 0 Å². The summed E-state index contributed by atoms with van der Waals surface area (Å²) in [6.07, 6.45) is 7.55. The average Bonchev–Trinajstić information content (AvgIpc) is 3.72. The van der Waals surface area contributed by atoms with Crippen LogP contribution in [0.25, 0.3) is 0 Å². The first kappa shape index (κ1) is 28.6. The number of ether oxygens (including phenoxy) is 4. The molecule has 0 radical (unpaired) electrons. The molecule has 3 rings (SSSR count). The minimum Gasteiger partial charge on any atom is -0.443 e. The monoisotopic (exact) mass is 607 g/mol. The predicted molar refractivity (Wildman–Crippen MR) is 141 cm³/mol. The van der Waals surface area contributed by atoms with E-state index in [2.05, 4.69) is 41.0 Å². The highest BCUT2D eigenvalue weighted by atomic mass is 127. The molecule has 1 aliphatic carbocycles. The molecule has 3 fully saturated rings. The van der Waals surface area contributed by atoms with E-state index in [-0.39, 0.29) is 41.3 Å². The highest BCUT2D eigenvalue weighted by molar-refractivity contribution is 14.1. The first-order valence-electron chi connectivity index (χ1n) is 12.8. The molecule has 6 atom stereocenters. The highest BCUT2D eigenvalue weighted by Gasteiger charge is 2.72. The zero-order valence-corrected chi connectivity index (χ0v) is 23.6. The van der Waals surface area contributed by atoms with Crippen LogP contribution in [0.15, 0.2) is 11.6 Å². The third-order valence-corrected chi connectivity index (χ3v) is 7.80. The maximum absolute atomic E-state index is 12.5. The van der Waals surface area contributed by atoms with E-state index in [4.69, 9.17) is 18.9 Å². The lowest BCUT2D eigenvalue weighted by molar-refractivity contribution is -0.119. The number of nitrogens with one attached hydrogen (secondary N) is 3. The molecule has 2 heterocycles. The van der Waals surface area contributed by atoms with E-state index in [0.717, 1.165) is 44.9 Å². The third kappa shape index (κ3) is 7.77. The Balaban J connectivity index is 1.40. The van der Waals surface area contributed by atoms with E-state index in [0.29, 0.717) is 26.2 Å². The molecule has 35 heavy (non-hydrogen) atoms. The molecule has 3 N–H and O–H groups in total. The van der Waals surface area contributed by atoms with Gasteiger partial charge in [0.1, 0.15) is 23.4 Å². The van der Waals surface area contributed by atoms with Crippen LogP contribution in [-0.2, 0) is 23.7 Å². The van der Waals surface area contributed by atoms with Gasteiger partial charge in [0.15, 0.2) is 0 Å². The van der Waals surface area contributed by atoms with Crippen LogP contribution in [0.1, 0.15) is 65.7 Å². The fourth-order valence-corrected chi connectivity index (χ4v) is 5.74. The van der Waals surface area contributed by atoms with Crippen molar-refractivity contribution in [3.63, 3.8) is 0 Å². The number of methoxy groups -OCH3 is 1. The molecule has 9 nitrogen and oxygen atoms in total. The fourth-order valence-electron chi connectivity index (χ4n) is 5.39. The van der Waals surface area contributed by atoms with Crippen molar-refractivity contribution in [2.45, 2.75) is 95.2 Å². The van der Waals surface area contributed by atoms with Gasteiger partial charge in [-0.25, -0.2) is 4.79 Å². The molecule has 3 aliphatic rings. The number of carbonyl (C=O) groups is 2. The van der Waals surface area contributed by atoms with Gasteiger partial charge in [0.25, 0.3) is 0 Å². The number of carbonyl (C=O) groups excluding carboxylic acids is 2. The molecule has 0 aromatic rings. The van der Waals surface area contributed by atoms with Gasteiger partial charge in [-0.1, -0.05) is 24.5 Å². The zero-order chi connectivity index (χ0) is 25.5. The number of rotatable bonds is 14. The Labute approximate surface area is 223 Å². The van der Waals surface area contributed by atoms with Gasteiger partial charge < -0.3 is 29.6 Å². The number of amides is 2. The smallest absolute Gasteiger partial charge is 0.407 e. The summed E-state index contributed by atoms with van der Waals surface area (Å²) in [7, 11) is 1.69. The minimum absolute atomic E-state index is 0.00736. The summed E-state index contributed by atoms with van der Waals surface area (Å²) >= 11 is 1.95. The van der Waals surface area contributed by atoms with Crippen LogP contribution in [0.2, 0.25) is 0 Å². The number of halogens is 1. The first-order chi connectivity index (χ1) is 16.8. The van der Waals surface area contributed by atoms with Crippen LogP contribution >= 0.6 is 22.9 Å².